The lowest BCUT2D eigenvalue weighted by Crippen LogP contribution is -2.30. The van der Waals surface area contributed by atoms with E-state index in [-0.39, 0.29) is 11.7 Å². The van der Waals surface area contributed by atoms with Crippen LogP contribution < -0.4 is 4.90 Å². The second-order valence-electron chi connectivity index (χ2n) is 3.83. The molecule has 90 valence electrons. The second-order valence-corrected chi connectivity index (χ2v) is 3.83. The molecule has 1 atom stereocenters. The van der Waals surface area contributed by atoms with Crippen LogP contribution in [0, 0.1) is 11.7 Å². The third-order valence-electron chi connectivity index (χ3n) is 2.83. The van der Waals surface area contributed by atoms with Crippen LogP contribution in [0.2, 0.25) is 0 Å². The lowest BCUT2D eigenvalue weighted by atomic mass is 10.1. The maximum Gasteiger partial charge on any atom is 0.318 e. The largest absolute Gasteiger partial charge is 0.468 e. The van der Waals surface area contributed by atoms with E-state index in [4.69, 9.17) is 0 Å². The minimum absolute atomic E-state index is 0.288. The molecule has 4 nitrogen and oxygen atoms in total. The minimum atomic E-state index is -0.731. The number of hydrogen-bond donors (Lipinski definition) is 0. The second kappa shape index (κ2) is 4.53. The lowest BCUT2D eigenvalue weighted by molar-refractivity contribution is -0.148. The Labute approximate surface area is 98.0 Å². The van der Waals surface area contributed by atoms with Crippen LogP contribution in [0.15, 0.2) is 24.3 Å². The SMILES string of the molecule is COC(=O)C1CCN(c2ccc(F)cc2)C1=O. The van der Waals surface area contributed by atoms with Gasteiger partial charge in [-0.25, -0.2) is 4.39 Å². The van der Waals surface area contributed by atoms with Gasteiger partial charge in [-0.1, -0.05) is 0 Å². The standard InChI is InChI=1S/C12H12FNO3/c1-17-12(16)10-6-7-14(11(10)15)9-4-2-8(13)3-5-9/h2-5,10H,6-7H2,1H3. The predicted octanol–water partition coefficient (Wildman–Crippen LogP) is 1.35. The van der Waals surface area contributed by atoms with Crippen molar-refractivity contribution < 1.29 is 18.7 Å². The number of anilines is 1. The van der Waals surface area contributed by atoms with E-state index in [9.17, 15) is 14.0 Å². The number of benzene rings is 1. The van der Waals surface area contributed by atoms with Gasteiger partial charge in [0, 0.05) is 12.2 Å². The first-order valence-electron chi connectivity index (χ1n) is 5.28. The molecule has 1 saturated heterocycles. The zero-order valence-electron chi connectivity index (χ0n) is 9.35. The smallest absolute Gasteiger partial charge is 0.318 e. The van der Waals surface area contributed by atoms with Gasteiger partial charge in [0.1, 0.15) is 11.7 Å². The van der Waals surface area contributed by atoms with Crippen molar-refractivity contribution in [2.75, 3.05) is 18.6 Å². The molecule has 0 aliphatic carbocycles. The summed E-state index contributed by atoms with van der Waals surface area (Å²) in [5.74, 6) is -1.89. The average Bonchev–Trinajstić information content (AvgIpc) is 2.71. The third-order valence-corrected chi connectivity index (χ3v) is 2.83. The number of nitrogens with zero attached hydrogens (tertiary/aromatic N) is 1. The molecule has 1 unspecified atom stereocenters. The van der Waals surface area contributed by atoms with Crippen molar-refractivity contribution in [3.05, 3.63) is 30.1 Å². The first-order chi connectivity index (χ1) is 8.13. The van der Waals surface area contributed by atoms with E-state index in [1.54, 1.807) is 0 Å². The minimum Gasteiger partial charge on any atom is -0.468 e. The van der Waals surface area contributed by atoms with Crippen molar-refractivity contribution in [1.82, 2.24) is 0 Å². The Balaban J connectivity index is 2.17. The highest BCUT2D eigenvalue weighted by Gasteiger charge is 2.38. The molecule has 0 spiro atoms. The Morgan fingerprint density at radius 1 is 1.41 bits per heavy atom. The Morgan fingerprint density at radius 2 is 2.06 bits per heavy atom. The molecule has 1 amide bonds. The van der Waals surface area contributed by atoms with Crippen molar-refractivity contribution in [3.63, 3.8) is 0 Å². The maximum atomic E-state index is 12.8. The molecule has 1 heterocycles. The normalized spacial score (nSPS) is 19.5. The van der Waals surface area contributed by atoms with Gasteiger partial charge in [-0.2, -0.15) is 0 Å². The number of rotatable bonds is 2. The Kier molecular flexibility index (Phi) is 3.08. The quantitative estimate of drug-likeness (QED) is 0.576. The molecule has 0 N–H and O–H groups in total. The van der Waals surface area contributed by atoms with Crippen molar-refractivity contribution in [2.45, 2.75) is 6.42 Å². The summed E-state index contributed by atoms with van der Waals surface area (Å²) < 4.78 is 17.3. The molecule has 1 aliphatic rings. The van der Waals surface area contributed by atoms with Crippen molar-refractivity contribution in [2.24, 2.45) is 5.92 Å². The summed E-state index contributed by atoms with van der Waals surface area (Å²) in [5.41, 5.74) is 0.600. The number of methoxy groups -OCH3 is 1. The van der Waals surface area contributed by atoms with E-state index in [0.29, 0.717) is 18.7 Å². The number of carbonyl (C=O) groups excluding carboxylic acids is 2. The Morgan fingerprint density at radius 3 is 2.65 bits per heavy atom. The molecule has 1 aromatic rings. The molecule has 0 bridgehead atoms. The monoisotopic (exact) mass is 237 g/mol. The van der Waals surface area contributed by atoms with Gasteiger partial charge in [-0.15, -0.1) is 0 Å². The number of ether oxygens (including phenoxy) is 1. The first-order valence-corrected chi connectivity index (χ1v) is 5.28. The van der Waals surface area contributed by atoms with Gasteiger partial charge >= 0.3 is 5.97 Å². The van der Waals surface area contributed by atoms with E-state index in [0.717, 1.165) is 0 Å². The van der Waals surface area contributed by atoms with E-state index in [1.165, 1.54) is 36.3 Å². The topological polar surface area (TPSA) is 46.6 Å². The average molecular weight is 237 g/mol. The summed E-state index contributed by atoms with van der Waals surface area (Å²) in [5, 5.41) is 0. The van der Waals surface area contributed by atoms with E-state index < -0.39 is 11.9 Å². The summed E-state index contributed by atoms with van der Waals surface area (Å²) in [6.07, 6.45) is 0.433. The Bertz CT molecular complexity index is 444. The van der Waals surface area contributed by atoms with Crippen LogP contribution in [0.25, 0.3) is 0 Å². The zero-order valence-corrected chi connectivity index (χ0v) is 9.35. The van der Waals surface area contributed by atoms with Crippen LogP contribution in [0.1, 0.15) is 6.42 Å². The van der Waals surface area contributed by atoms with Gasteiger partial charge in [0.25, 0.3) is 0 Å². The number of amides is 1. The van der Waals surface area contributed by atoms with E-state index >= 15 is 0 Å². The van der Waals surface area contributed by atoms with Gasteiger partial charge in [0.05, 0.1) is 7.11 Å². The molecule has 17 heavy (non-hydrogen) atoms. The molecule has 0 radical (unpaired) electrons. The number of halogens is 1. The summed E-state index contributed by atoms with van der Waals surface area (Å²) in [4.78, 5) is 24.7. The van der Waals surface area contributed by atoms with Gasteiger partial charge in [-0.3, -0.25) is 9.59 Å². The van der Waals surface area contributed by atoms with Crippen molar-refractivity contribution in [3.8, 4) is 0 Å². The summed E-state index contributed by atoms with van der Waals surface area (Å²) in [7, 11) is 1.26. The molecular weight excluding hydrogens is 225 g/mol. The molecule has 1 aromatic carbocycles. The highest BCUT2D eigenvalue weighted by Crippen LogP contribution is 2.25. The zero-order chi connectivity index (χ0) is 12.4. The van der Waals surface area contributed by atoms with E-state index in [2.05, 4.69) is 4.74 Å². The van der Waals surface area contributed by atoms with Gasteiger partial charge < -0.3 is 9.64 Å². The molecule has 2 rings (SSSR count). The number of hydrogen-bond acceptors (Lipinski definition) is 3. The highest BCUT2D eigenvalue weighted by atomic mass is 19.1. The van der Waals surface area contributed by atoms with Gasteiger partial charge in [-0.05, 0) is 30.7 Å². The predicted molar refractivity (Wildman–Crippen MR) is 58.9 cm³/mol. The van der Waals surface area contributed by atoms with Gasteiger partial charge in [0.15, 0.2) is 0 Å². The lowest BCUT2D eigenvalue weighted by Gasteiger charge is -2.16. The van der Waals surface area contributed by atoms with E-state index in [1.807, 2.05) is 0 Å². The number of esters is 1. The highest BCUT2D eigenvalue weighted by molar-refractivity contribution is 6.08. The molecule has 5 heteroatoms. The molecular formula is C12H12FNO3. The fraction of sp³-hybridized carbons (Fsp3) is 0.333. The number of carbonyl (C=O) groups is 2. The van der Waals surface area contributed by atoms with Crippen LogP contribution in [0.4, 0.5) is 10.1 Å². The van der Waals surface area contributed by atoms with Crippen LogP contribution in [0.3, 0.4) is 0 Å². The molecule has 0 saturated carbocycles. The Hall–Kier alpha value is -1.91. The summed E-state index contributed by atoms with van der Waals surface area (Å²) in [6.45, 7) is 0.449. The van der Waals surface area contributed by atoms with Crippen molar-refractivity contribution in [1.29, 1.82) is 0 Å². The fourth-order valence-electron chi connectivity index (χ4n) is 1.92. The summed E-state index contributed by atoms with van der Waals surface area (Å²) in [6, 6.07) is 5.61. The first kappa shape index (κ1) is 11.6. The van der Waals surface area contributed by atoms with Crippen molar-refractivity contribution >= 4 is 17.6 Å². The molecule has 1 aliphatic heterocycles. The third kappa shape index (κ3) is 2.13. The fourth-order valence-corrected chi connectivity index (χ4v) is 1.92. The molecule has 1 fully saturated rings. The van der Waals surface area contributed by atoms with Crippen LogP contribution in [-0.2, 0) is 14.3 Å². The summed E-state index contributed by atoms with van der Waals surface area (Å²) >= 11 is 0. The van der Waals surface area contributed by atoms with Gasteiger partial charge in [0.2, 0.25) is 5.91 Å². The molecule has 0 aromatic heterocycles. The van der Waals surface area contributed by atoms with Crippen LogP contribution in [0.5, 0.6) is 0 Å². The maximum absolute atomic E-state index is 12.8. The van der Waals surface area contributed by atoms with Crippen LogP contribution in [-0.4, -0.2) is 25.5 Å². The van der Waals surface area contributed by atoms with Crippen LogP contribution >= 0.6 is 0 Å².